The Labute approximate surface area is 139 Å². The first-order valence-corrected chi connectivity index (χ1v) is 8.81. The van der Waals surface area contributed by atoms with Crippen LogP contribution in [-0.2, 0) is 4.79 Å². The number of aliphatic hydroxyl groups is 1. The molecule has 3 atom stereocenters. The summed E-state index contributed by atoms with van der Waals surface area (Å²) in [6.45, 7) is 6.97. The van der Waals surface area contributed by atoms with E-state index < -0.39 is 0 Å². The van der Waals surface area contributed by atoms with Crippen LogP contribution in [0.3, 0.4) is 0 Å². The second kappa shape index (κ2) is 6.45. The molecular formula is C17H22N2O3S. The van der Waals surface area contributed by atoms with Crippen LogP contribution in [0.2, 0.25) is 0 Å². The maximum Gasteiger partial charge on any atom is 0.230 e. The smallest absolute Gasteiger partial charge is 0.230 e. The number of nitrogens with zero attached hydrogens (tertiary/aromatic N) is 2. The zero-order valence-corrected chi connectivity index (χ0v) is 14.5. The Balaban J connectivity index is 1.78. The molecule has 1 amide bonds. The zero-order chi connectivity index (χ0) is 16.6. The van der Waals surface area contributed by atoms with Crippen LogP contribution in [0.4, 0.5) is 0 Å². The molecular weight excluding hydrogens is 312 g/mol. The SMILES string of the molecule is Cc1noc(C)c1C(C)C(=O)N1CC(CO)C(c2ccsc2)C1. The van der Waals surface area contributed by atoms with Crippen LogP contribution < -0.4 is 0 Å². The van der Waals surface area contributed by atoms with Crippen LogP contribution in [0, 0.1) is 19.8 Å². The Hall–Kier alpha value is -1.66. The van der Waals surface area contributed by atoms with E-state index in [4.69, 9.17) is 4.52 Å². The van der Waals surface area contributed by atoms with Crippen LogP contribution >= 0.6 is 11.3 Å². The molecule has 3 unspecified atom stereocenters. The molecule has 1 aliphatic heterocycles. The average Bonchev–Trinajstić information content (AvgIpc) is 3.25. The molecule has 1 aliphatic rings. The van der Waals surface area contributed by atoms with Crippen molar-refractivity contribution in [2.24, 2.45) is 5.92 Å². The number of amides is 1. The number of carbonyl (C=O) groups excluding carboxylic acids is 1. The monoisotopic (exact) mass is 334 g/mol. The van der Waals surface area contributed by atoms with Gasteiger partial charge in [0.2, 0.25) is 5.91 Å². The van der Waals surface area contributed by atoms with Crippen LogP contribution in [0.5, 0.6) is 0 Å². The van der Waals surface area contributed by atoms with Gasteiger partial charge in [0.25, 0.3) is 0 Å². The highest BCUT2D eigenvalue weighted by Gasteiger charge is 2.38. The molecule has 0 bridgehead atoms. The molecule has 3 rings (SSSR count). The minimum atomic E-state index is -0.276. The molecule has 1 N–H and O–H groups in total. The van der Waals surface area contributed by atoms with Gasteiger partial charge in [0, 0.05) is 37.1 Å². The van der Waals surface area contributed by atoms with E-state index >= 15 is 0 Å². The minimum Gasteiger partial charge on any atom is -0.396 e. The number of aromatic nitrogens is 1. The molecule has 0 spiro atoms. The van der Waals surface area contributed by atoms with Gasteiger partial charge in [0.15, 0.2) is 0 Å². The van der Waals surface area contributed by atoms with Crippen molar-refractivity contribution in [2.45, 2.75) is 32.6 Å². The third-order valence-electron chi connectivity index (χ3n) is 4.85. The van der Waals surface area contributed by atoms with E-state index in [1.165, 1.54) is 5.56 Å². The quantitative estimate of drug-likeness (QED) is 0.933. The van der Waals surface area contributed by atoms with E-state index in [1.807, 2.05) is 31.1 Å². The van der Waals surface area contributed by atoms with E-state index in [-0.39, 0.29) is 30.3 Å². The standard InChI is InChI=1S/C17H22N2O3S/c1-10(16-11(2)18-22-12(16)3)17(21)19-6-14(8-20)15(7-19)13-4-5-23-9-13/h4-5,9-10,14-15,20H,6-8H2,1-3H3. The molecule has 0 aliphatic carbocycles. The number of likely N-dealkylation sites (tertiary alicyclic amines) is 1. The minimum absolute atomic E-state index is 0.0792. The summed E-state index contributed by atoms with van der Waals surface area (Å²) in [5.41, 5.74) is 2.87. The molecule has 3 heterocycles. The normalized spacial score (nSPS) is 22.5. The fourth-order valence-corrected chi connectivity index (χ4v) is 4.33. The third kappa shape index (κ3) is 2.93. The van der Waals surface area contributed by atoms with Crippen molar-refractivity contribution in [1.29, 1.82) is 0 Å². The molecule has 5 nitrogen and oxygen atoms in total. The molecule has 124 valence electrons. The summed E-state index contributed by atoms with van der Waals surface area (Å²) in [6.07, 6.45) is 0. The second-order valence-electron chi connectivity index (χ2n) is 6.31. The fraction of sp³-hybridized carbons (Fsp3) is 0.529. The lowest BCUT2D eigenvalue weighted by molar-refractivity contribution is -0.131. The molecule has 6 heteroatoms. The molecule has 0 aromatic carbocycles. The van der Waals surface area contributed by atoms with Crippen LogP contribution in [-0.4, -0.2) is 40.8 Å². The van der Waals surface area contributed by atoms with Crippen molar-refractivity contribution < 1.29 is 14.4 Å². The van der Waals surface area contributed by atoms with E-state index in [2.05, 4.69) is 16.6 Å². The number of aliphatic hydroxyl groups excluding tert-OH is 1. The first kappa shape index (κ1) is 16.2. The molecule has 23 heavy (non-hydrogen) atoms. The molecule has 0 saturated carbocycles. The Kier molecular flexibility index (Phi) is 4.55. The van der Waals surface area contributed by atoms with Crippen molar-refractivity contribution in [3.63, 3.8) is 0 Å². The maximum absolute atomic E-state index is 12.9. The Bertz CT molecular complexity index is 661. The van der Waals surface area contributed by atoms with Crippen molar-refractivity contribution in [1.82, 2.24) is 10.1 Å². The van der Waals surface area contributed by atoms with Crippen LogP contribution in [0.15, 0.2) is 21.3 Å². The highest BCUT2D eigenvalue weighted by molar-refractivity contribution is 7.08. The Morgan fingerprint density at radius 2 is 2.30 bits per heavy atom. The van der Waals surface area contributed by atoms with E-state index in [1.54, 1.807) is 11.3 Å². The lowest BCUT2D eigenvalue weighted by Crippen LogP contribution is -2.33. The van der Waals surface area contributed by atoms with Crippen molar-refractivity contribution >= 4 is 17.2 Å². The van der Waals surface area contributed by atoms with Crippen LogP contribution in [0.25, 0.3) is 0 Å². The third-order valence-corrected chi connectivity index (χ3v) is 5.55. The summed E-state index contributed by atoms with van der Waals surface area (Å²) < 4.78 is 5.19. The predicted octanol–water partition coefficient (Wildman–Crippen LogP) is 2.69. The van der Waals surface area contributed by atoms with Crippen molar-refractivity contribution in [2.75, 3.05) is 19.7 Å². The summed E-state index contributed by atoms with van der Waals surface area (Å²) in [6, 6.07) is 2.09. The predicted molar refractivity (Wildman–Crippen MR) is 88.6 cm³/mol. The lowest BCUT2D eigenvalue weighted by Gasteiger charge is -2.21. The molecule has 0 radical (unpaired) electrons. The summed E-state index contributed by atoms with van der Waals surface area (Å²) in [5, 5.41) is 17.8. The van der Waals surface area contributed by atoms with Gasteiger partial charge in [-0.3, -0.25) is 4.79 Å². The van der Waals surface area contributed by atoms with Gasteiger partial charge in [-0.1, -0.05) is 5.16 Å². The topological polar surface area (TPSA) is 66.6 Å². The van der Waals surface area contributed by atoms with Crippen molar-refractivity contribution in [3.8, 4) is 0 Å². The van der Waals surface area contributed by atoms with Gasteiger partial charge in [-0.05, 0) is 43.2 Å². The maximum atomic E-state index is 12.9. The average molecular weight is 334 g/mol. The van der Waals surface area contributed by atoms with E-state index in [0.717, 1.165) is 11.3 Å². The van der Waals surface area contributed by atoms with Gasteiger partial charge >= 0.3 is 0 Å². The van der Waals surface area contributed by atoms with E-state index in [9.17, 15) is 9.90 Å². The van der Waals surface area contributed by atoms with Gasteiger partial charge in [0.05, 0.1) is 11.6 Å². The zero-order valence-electron chi connectivity index (χ0n) is 13.7. The first-order valence-electron chi connectivity index (χ1n) is 7.87. The van der Waals surface area contributed by atoms with Gasteiger partial charge in [-0.25, -0.2) is 0 Å². The summed E-state index contributed by atoms with van der Waals surface area (Å²) >= 11 is 1.65. The van der Waals surface area contributed by atoms with Crippen molar-refractivity contribution in [3.05, 3.63) is 39.4 Å². The van der Waals surface area contributed by atoms with Gasteiger partial charge in [-0.2, -0.15) is 11.3 Å². The highest BCUT2D eigenvalue weighted by atomic mass is 32.1. The summed E-state index contributed by atoms with van der Waals surface area (Å²) in [7, 11) is 0. The molecule has 2 aromatic heterocycles. The number of aryl methyl sites for hydroxylation is 2. The highest BCUT2D eigenvalue weighted by Crippen LogP contribution is 2.35. The molecule has 1 fully saturated rings. The Morgan fingerprint density at radius 1 is 1.52 bits per heavy atom. The number of hydrogen-bond acceptors (Lipinski definition) is 5. The van der Waals surface area contributed by atoms with Gasteiger partial charge < -0.3 is 14.5 Å². The summed E-state index contributed by atoms with van der Waals surface area (Å²) in [5.74, 6) is 0.825. The van der Waals surface area contributed by atoms with Gasteiger partial charge in [-0.15, -0.1) is 0 Å². The fourth-order valence-electron chi connectivity index (χ4n) is 3.61. The van der Waals surface area contributed by atoms with E-state index in [0.29, 0.717) is 18.8 Å². The number of rotatable bonds is 4. The number of hydrogen-bond donors (Lipinski definition) is 1. The largest absolute Gasteiger partial charge is 0.396 e. The number of thiophene rings is 1. The number of carbonyl (C=O) groups is 1. The van der Waals surface area contributed by atoms with Gasteiger partial charge in [0.1, 0.15) is 5.76 Å². The first-order chi connectivity index (χ1) is 11.0. The second-order valence-corrected chi connectivity index (χ2v) is 7.09. The lowest BCUT2D eigenvalue weighted by atomic mass is 9.91. The van der Waals surface area contributed by atoms with Crippen LogP contribution in [0.1, 0.15) is 41.3 Å². The molecule has 1 saturated heterocycles. The Morgan fingerprint density at radius 3 is 2.87 bits per heavy atom. The molecule has 2 aromatic rings. The summed E-state index contributed by atoms with van der Waals surface area (Å²) in [4.78, 5) is 14.8.